The molecular formula is C18H25NOS. The van der Waals surface area contributed by atoms with E-state index in [2.05, 4.69) is 54.9 Å². The molecule has 2 atom stereocenters. The van der Waals surface area contributed by atoms with Crippen LogP contribution in [0.4, 0.5) is 0 Å². The molecule has 2 rings (SSSR count). The Morgan fingerprint density at radius 2 is 1.90 bits per heavy atom. The lowest BCUT2D eigenvalue weighted by Gasteiger charge is -2.23. The monoisotopic (exact) mass is 303 g/mol. The summed E-state index contributed by atoms with van der Waals surface area (Å²) in [5.74, 6) is 0.898. The van der Waals surface area contributed by atoms with Crippen molar-refractivity contribution in [3.05, 3.63) is 52.2 Å². The van der Waals surface area contributed by atoms with Gasteiger partial charge in [-0.1, -0.05) is 32.4 Å². The molecule has 1 aromatic heterocycles. The number of aryl methyl sites for hydroxylation is 1. The Morgan fingerprint density at radius 3 is 2.48 bits per heavy atom. The molecule has 0 radical (unpaired) electrons. The quantitative estimate of drug-likeness (QED) is 0.749. The zero-order valence-corrected chi connectivity index (χ0v) is 13.7. The molecule has 0 saturated carbocycles. The van der Waals surface area contributed by atoms with E-state index >= 15 is 0 Å². The first kappa shape index (κ1) is 16.1. The molecule has 114 valence electrons. The number of hydrogen-bond donors (Lipinski definition) is 1. The van der Waals surface area contributed by atoms with Gasteiger partial charge in [0.2, 0.25) is 0 Å². The molecule has 2 N–H and O–H groups in total. The molecule has 2 unspecified atom stereocenters. The van der Waals surface area contributed by atoms with Gasteiger partial charge in [-0.2, -0.15) is 11.3 Å². The molecule has 0 saturated heterocycles. The molecule has 2 nitrogen and oxygen atoms in total. The van der Waals surface area contributed by atoms with E-state index in [1.807, 2.05) is 0 Å². The van der Waals surface area contributed by atoms with Gasteiger partial charge in [-0.3, -0.25) is 0 Å². The van der Waals surface area contributed by atoms with Crippen molar-refractivity contribution in [2.45, 2.75) is 51.7 Å². The maximum atomic E-state index is 6.23. The summed E-state index contributed by atoms with van der Waals surface area (Å²) in [7, 11) is 0. The number of rotatable bonds is 8. The molecular weight excluding hydrogens is 278 g/mol. The highest BCUT2D eigenvalue weighted by molar-refractivity contribution is 7.07. The Morgan fingerprint density at radius 1 is 1.14 bits per heavy atom. The molecule has 21 heavy (non-hydrogen) atoms. The van der Waals surface area contributed by atoms with E-state index in [1.54, 1.807) is 11.3 Å². The van der Waals surface area contributed by atoms with E-state index < -0.39 is 0 Å². The van der Waals surface area contributed by atoms with Crippen LogP contribution in [0.1, 0.15) is 50.3 Å². The number of benzene rings is 1. The normalized spacial score (nSPS) is 13.9. The van der Waals surface area contributed by atoms with Crippen LogP contribution in [-0.4, -0.2) is 6.04 Å². The highest BCUT2D eigenvalue weighted by atomic mass is 32.1. The summed E-state index contributed by atoms with van der Waals surface area (Å²) in [5, 5.41) is 4.19. The third kappa shape index (κ3) is 4.58. The number of nitrogens with two attached hydrogens (primary N) is 1. The standard InChI is InChI=1S/C18H25NOS/c1-3-5-6-14-7-9-16(10-8-14)20-18(17(19)4-2)15-11-12-21-13-15/h7-13,17-18H,3-6,19H2,1-2H3. The molecule has 1 heterocycles. The van der Waals surface area contributed by atoms with Crippen molar-refractivity contribution in [3.8, 4) is 5.75 Å². The van der Waals surface area contributed by atoms with Crippen molar-refractivity contribution in [1.29, 1.82) is 0 Å². The second-order valence-electron chi connectivity index (χ2n) is 5.41. The third-order valence-corrected chi connectivity index (χ3v) is 4.44. The smallest absolute Gasteiger partial charge is 0.140 e. The van der Waals surface area contributed by atoms with Crippen molar-refractivity contribution >= 4 is 11.3 Å². The van der Waals surface area contributed by atoms with Crippen LogP contribution in [-0.2, 0) is 6.42 Å². The molecule has 1 aromatic carbocycles. The molecule has 0 aliphatic heterocycles. The average molecular weight is 303 g/mol. The van der Waals surface area contributed by atoms with Gasteiger partial charge in [0.05, 0.1) is 0 Å². The first-order chi connectivity index (χ1) is 10.2. The summed E-state index contributed by atoms with van der Waals surface area (Å²) >= 11 is 1.68. The molecule has 0 aliphatic carbocycles. The van der Waals surface area contributed by atoms with Crippen LogP contribution in [0.3, 0.4) is 0 Å². The van der Waals surface area contributed by atoms with E-state index in [-0.39, 0.29) is 12.1 Å². The lowest BCUT2D eigenvalue weighted by Crippen LogP contribution is -2.31. The van der Waals surface area contributed by atoms with Gasteiger partial charge >= 0.3 is 0 Å². The van der Waals surface area contributed by atoms with Crippen LogP contribution in [0.25, 0.3) is 0 Å². The first-order valence-corrected chi connectivity index (χ1v) is 8.72. The highest BCUT2D eigenvalue weighted by Gasteiger charge is 2.20. The molecule has 3 heteroatoms. The maximum Gasteiger partial charge on any atom is 0.140 e. The van der Waals surface area contributed by atoms with Crippen LogP contribution < -0.4 is 10.5 Å². The van der Waals surface area contributed by atoms with Crippen molar-refractivity contribution < 1.29 is 4.74 Å². The Bertz CT molecular complexity index is 507. The number of hydrogen-bond acceptors (Lipinski definition) is 3. The van der Waals surface area contributed by atoms with Gasteiger partial charge in [-0.25, -0.2) is 0 Å². The molecule has 0 amide bonds. The van der Waals surface area contributed by atoms with E-state index in [0.29, 0.717) is 0 Å². The Hall–Kier alpha value is -1.32. The Labute approximate surface area is 132 Å². The second-order valence-corrected chi connectivity index (χ2v) is 6.19. The zero-order chi connectivity index (χ0) is 15.1. The fraction of sp³-hybridized carbons (Fsp3) is 0.444. The summed E-state index contributed by atoms with van der Waals surface area (Å²) in [6.07, 6.45) is 4.43. The van der Waals surface area contributed by atoms with Crippen LogP contribution in [0.2, 0.25) is 0 Å². The highest BCUT2D eigenvalue weighted by Crippen LogP contribution is 2.27. The van der Waals surface area contributed by atoms with Gasteiger partial charge in [0, 0.05) is 11.6 Å². The number of thiophene rings is 1. The van der Waals surface area contributed by atoms with Crippen LogP contribution in [0.5, 0.6) is 5.75 Å². The van der Waals surface area contributed by atoms with E-state index in [0.717, 1.165) is 18.6 Å². The molecule has 0 fully saturated rings. The molecule has 0 bridgehead atoms. The predicted octanol–water partition coefficient (Wildman–Crippen LogP) is 4.95. The lowest BCUT2D eigenvalue weighted by atomic mass is 10.0. The SMILES string of the molecule is CCCCc1ccc(OC(c2ccsc2)C(N)CC)cc1. The second kappa shape index (κ2) is 8.20. The number of ether oxygens (including phenoxy) is 1. The Balaban J connectivity index is 2.06. The van der Waals surface area contributed by atoms with Gasteiger partial charge in [-0.15, -0.1) is 0 Å². The van der Waals surface area contributed by atoms with E-state index in [4.69, 9.17) is 10.5 Å². The minimum Gasteiger partial charge on any atom is -0.484 e. The van der Waals surface area contributed by atoms with Gasteiger partial charge in [0.15, 0.2) is 0 Å². The predicted molar refractivity (Wildman–Crippen MR) is 91.0 cm³/mol. The summed E-state index contributed by atoms with van der Waals surface area (Å²) < 4.78 is 6.15. The maximum absolute atomic E-state index is 6.23. The van der Waals surface area contributed by atoms with E-state index in [9.17, 15) is 0 Å². The van der Waals surface area contributed by atoms with Crippen LogP contribution in [0, 0.1) is 0 Å². The minimum atomic E-state index is -0.0669. The van der Waals surface area contributed by atoms with Gasteiger partial charge < -0.3 is 10.5 Å². The van der Waals surface area contributed by atoms with Crippen molar-refractivity contribution in [1.82, 2.24) is 0 Å². The average Bonchev–Trinajstić information content (AvgIpc) is 3.05. The van der Waals surface area contributed by atoms with Crippen LogP contribution >= 0.6 is 11.3 Å². The largest absolute Gasteiger partial charge is 0.484 e. The summed E-state index contributed by atoms with van der Waals surface area (Å²) in [5.41, 5.74) is 8.77. The van der Waals surface area contributed by atoms with Crippen LogP contribution in [0.15, 0.2) is 41.1 Å². The van der Waals surface area contributed by atoms with Crippen molar-refractivity contribution in [2.24, 2.45) is 5.73 Å². The fourth-order valence-corrected chi connectivity index (χ4v) is 3.00. The lowest BCUT2D eigenvalue weighted by molar-refractivity contribution is 0.171. The summed E-state index contributed by atoms with van der Waals surface area (Å²) in [4.78, 5) is 0. The Kier molecular flexibility index (Phi) is 6.27. The first-order valence-electron chi connectivity index (χ1n) is 7.77. The zero-order valence-electron chi connectivity index (χ0n) is 12.9. The molecule has 2 aromatic rings. The van der Waals surface area contributed by atoms with Crippen molar-refractivity contribution in [2.75, 3.05) is 0 Å². The summed E-state index contributed by atoms with van der Waals surface area (Å²) in [6.45, 7) is 4.32. The fourth-order valence-electron chi connectivity index (χ4n) is 2.32. The van der Waals surface area contributed by atoms with Gasteiger partial charge in [-0.05, 0) is 53.8 Å². The van der Waals surface area contributed by atoms with Crippen molar-refractivity contribution in [3.63, 3.8) is 0 Å². The molecule has 0 aliphatic rings. The minimum absolute atomic E-state index is 0.0133. The topological polar surface area (TPSA) is 35.2 Å². The van der Waals surface area contributed by atoms with Gasteiger partial charge in [0.25, 0.3) is 0 Å². The number of unbranched alkanes of at least 4 members (excludes halogenated alkanes) is 1. The van der Waals surface area contributed by atoms with E-state index in [1.165, 1.54) is 24.0 Å². The molecule has 0 spiro atoms. The summed E-state index contributed by atoms with van der Waals surface area (Å²) in [6, 6.07) is 10.6. The van der Waals surface area contributed by atoms with Gasteiger partial charge in [0.1, 0.15) is 11.9 Å². The third-order valence-electron chi connectivity index (χ3n) is 3.74.